The first-order valence-corrected chi connectivity index (χ1v) is 7.68. The minimum absolute atomic E-state index is 0.560. The van der Waals surface area contributed by atoms with Gasteiger partial charge in [-0.2, -0.15) is 0 Å². The second-order valence-electron chi connectivity index (χ2n) is 5.08. The fraction of sp³-hybridized carbons (Fsp3) is 0.438. The second-order valence-corrected chi connectivity index (χ2v) is 6.17. The Balaban J connectivity index is 2.14. The summed E-state index contributed by atoms with van der Waals surface area (Å²) in [5.74, 6) is 0. The normalized spacial score (nSPS) is 12.6. The van der Waals surface area contributed by atoms with Gasteiger partial charge in [-0.25, -0.2) is 4.98 Å². The highest BCUT2D eigenvalue weighted by molar-refractivity contribution is 7.15. The average Bonchev–Trinajstić information content (AvgIpc) is 2.78. The summed E-state index contributed by atoms with van der Waals surface area (Å²) in [5.41, 5.74) is 3.65. The van der Waals surface area contributed by atoms with Crippen molar-refractivity contribution in [2.75, 3.05) is 0 Å². The van der Waals surface area contributed by atoms with E-state index in [0.717, 1.165) is 23.7 Å². The van der Waals surface area contributed by atoms with Crippen molar-refractivity contribution in [2.24, 2.45) is 0 Å². The largest absolute Gasteiger partial charge is 0.309 e. The molecule has 1 heterocycles. The molecule has 0 amide bonds. The Kier molecular flexibility index (Phi) is 4.72. The van der Waals surface area contributed by atoms with Crippen molar-refractivity contribution in [1.29, 1.82) is 0 Å². The summed E-state index contributed by atoms with van der Waals surface area (Å²) in [5, 5.41) is 4.66. The quantitative estimate of drug-likeness (QED) is 0.878. The van der Waals surface area contributed by atoms with Gasteiger partial charge in [0.05, 0.1) is 5.69 Å². The number of thiazole rings is 1. The van der Waals surface area contributed by atoms with Crippen LogP contribution in [-0.2, 0) is 6.54 Å². The number of hydrogen-bond acceptors (Lipinski definition) is 3. The Morgan fingerprint density at radius 2 is 1.89 bits per heavy atom. The van der Waals surface area contributed by atoms with Gasteiger partial charge in [-0.15, -0.1) is 11.3 Å². The molecule has 2 nitrogen and oxygen atoms in total. The molecule has 0 bridgehead atoms. The van der Waals surface area contributed by atoms with E-state index in [1.165, 1.54) is 16.0 Å². The first-order chi connectivity index (χ1) is 9.10. The molecule has 0 saturated heterocycles. The van der Waals surface area contributed by atoms with Crippen molar-refractivity contribution in [3.8, 4) is 10.6 Å². The molecule has 0 aliphatic heterocycles. The zero-order chi connectivity index (χ0) is 13.8. The molecule has 0 fully saturated rings. The van der Waals surface area contributed by atoms with Crippen LogP contribution < -0.4 is 5.32 Å². The van der Waals surface area contributed by atoms with Crippen LogP contribution in [0.2, 0.25) is 0 Å². The summed E-state index contributed by atoms with van der Waals surface area (Å²) in [6, 6.07) is 9.15. The third-order valence-corrected chi connectivity index (χ3v) is 4.62. The second kappa shape index (κ2) is 6.31. The first kappa shape index (κ1) is 14.2. The molecular weight excluding hydrogens is 252 g/mol. The van der Waals surface area contributed by atoms with E-state index in [1.54, 1.807) is 11.3 Å². The van der Waals surface area contributed by atoms with Gasteiger partial charge in [-0.3, -0.25) is 0 Å². The summed E-state index contributed by atoms with van der Waals surface area (Å²) in [6.07, 6.45) is 1.16. The number of nitrogens with one attached hydrogen (secondary N) is 1. The number of hydrogen-bond donors (Lipinski definition) is 1. The Hall–Kier alpha value is -1.19. The molecule has 3 heteroatoms. The van der Waals surface area contributed by atoms with Crippen molar-refractivity contribution >= 4 is 11.3 Å². The van der Waals surface area contributed by atoms with Crippen LogP contribution in [0.25, 0.3) is 10.6 Å². The predicted octanol–water partition coefficient (Wildman–Crippen LogP) is 4.32. The molecule has 1 atom stereocenters. The van der Waals surface area contributed by atoms with Crippen molar-refractivity contribution in [1.82, 2.24) is 10.3 Å². The maximum atomic E-state index is 4.69. The van der Waals surface area contributed by atoms with E-state index in [9.17, 15) is 0 Å². The highest BCUT2D eigenvalue weighted by Gasteiger charge is 2.09. The third kappa shape index (κ3) is 3.64. The Bertz CT molecular complexity index is 528. The molecular formula is C16H22N2S. The van der Waals surface area contributed by atoms with Crippen LogP contribution in [0, 0.1) is 13.8 Å². The number of aromatic nitrogens is 1. The molecule has 2 aromatic rings. The molecule has 1 unspecified atom stereocenters. The molecule has 102 valence electrons. The predicted molar refractivity (Wildman–Crippen MR) is 83.6 cm³/mol. The van der Waals surface area contributed by atoms with E-state index < -0.39 is 0 Å². The lowest BCUT2D eigenvalue weighted by molar-refractivity contribution is 0.536. The van der Waals surface area contributed by atoms with Gasteiger partial charge in [0.2, 0.25) is 0 Å². The molecule has 2 rings (SSSR count). The van der Waals surface area contributed by atoms with E-state index in [-0.39, 0.29) is 0 Å². The van der Waals surface area contributed by atoms with Crippen molar-refractivity contribution < 1.29 is 0 Å². The molecule has 19 heavy (non-hydrogen) atoms. The lowest BCUT2D eigenvalue weighted by atomic mass is 10.2. The molecule has 0 saturated carbocycles. The molecule has 0 aliphatic carbocycles. The van der Waals surface area contributed by atoms with Crippen molar-refractivity contribution in [3.05, 3.63) is 40.4 Å². The number of rotatable bonds is 5. The summed E-state index contributed by atoms with van der Waals surface area (Å²) in [4.78, 5) is 6.04. The van der Waals surface area contributed by atoms with E-state index in [0.29, 0.717) is 6.04 Å². The van der Waals surface area contributed by atoms with Crippen molar-refractivity contribution in [3.63, 3.8) is 0 Å². The minimum atomic E-state index is 0.560. The van der Waals surface area contributed by atoms with Gasteiger partial charge in [0.1, 0.15) is 5.01 Å². The minimum Gasteiger partial charge on any atom is -0.309 e. The van der Waals surface area contributed by atoms with Gasteiger partial charge >= 0.3 is 0 Å². The fourth-order valence-electron chi connectivity index (χ4n) is 1.82. The molecule has 0 radical (unpaired) electrons. The molecule has 1 aromatic carbocycles. The number of aryl methyl sites for hydroxylation is 2. The van der Waals surface area contributed by atoms with Gasteiger partial charge in [0, 0.05) is 23.0 Å². The molecule has 1 aromatic heterocycles. The molecule has 0 aliphatic rings. The fourth-order valence-corrected chi connectivity index (χ4v) is 2.84. The summed E-state index contributed by atoms with van der Waals surface area (Å²) < 4.78 is 0. The summed E-state index contributed by atoms with van der Waals surface area (Å²) >= 11 is 1.80. The summed E-state index contributed by atoms with van der Waals surface area (Å²) in [6.45, 7) is 9.55. The van der Waals surface area contributed by atoms with Crippen LogP contribution in [0.5, 0.6) is 0 Å². The number of benzene rings is 1. The zero-order valence-electron chi connectivity index (χ0n) is 12.2. The maximum absolute atomic E-state index is 4.69. The van der Waals surface area contributed by atoms with Crippen LogP contribution in [0.3, 0.4) is 0 Å². The van der Waals surface area contributed by atoms with E-state index in [2.05, 4.69) is 57.3 Å². The Labute approximate surface area is 119 Å². The Morgan fingerprint density at radius 3 is 2.53 bits per heavy atom. The topological polar surface area (TPSA) is 24.9 Å². The zero-order valence-corrected chi connectivity index (χ0v) is 13.0. The van der Waals surface area contributed by atoms with Crippen LogP contribution in [0.1, 0.15) is 36.4 Å². The van der Waals surface area contributed by atoms with Gasteiger partial charge < -0.3 is 5.32 Å². The van der Waals surface area contributed by atoms with Gasteiger partial charge in [-0.1, -0.05) is 36.8 Å². The molecule has 0 spiro atoms. The van der Waals surface area contributed by atoms with Crippen LogP contribution in [0.4, 0.5) is 0 Å². The average molecular weight is 274 g/mol. The summed E-state index contributed by atoms with van der Waals surface area (Å²) in [7, 11) is 0. The maximum Gasteiger partial charge on any atom is 0.123 e. The SMILES string of the molecule is CCC(C)NCc1sc(-c2ccc(C)cc2)nc1C. The first-order valence-electron chi connectivity index (χ1n) is 6.87. The van der Waals surface area contributed by atoms with Crippen molar-refractivity contribution in [2.45, 2.75) is 46.7 Å². The van der Waals surface area contributed by atoms with E-state index in [4.69, 9.17) is 4.98 Å². The lowest BCUT2D eigenvalue weighted by Gasteiger charge is -2.09. The molecule has 1 N–H and O–H groups in total. The van der Waals surface area contributed by atoms with Gasteiger partial charge in [0.25, 0.3) is 0 Å². The standard InChI is InChI=1S/C16H22N2S/c1-5-12(3)17-10-15-13(4)18-16(19-15)14-8-6-11(2)7-9-14/h6-9,12,17H,5,10H2,1-4H3. The number of nitrogens with zero attached hydrogens (tertiary/aromatic N) is 1. The third-order valence-electron chi connectivity index (χ3n) is 3.41. The smallest absolute Gasteiger partial charge is 0.123 e. The Morgan fingerprint density at radius 1 is 1.21 bits per heavy atom. The van der Waals surface area contributed by atoms with Gasteiger partial charge in [-0.05, 0) is 27.2 Å². The van der Waals surface area contributed by atoms with Crippen LogP contribution >= 0.6 is 11.3 Å². The van der Waals surface area contributed by atoms with Crippen LogP contribution in [0.15, 0.2) is 24.3 Å². The lowest BCUT2D eigenvalue weighted by Crippen LogP contribution is -2.24. The van der Waals surface area contributed by atoms with Crippen LogP contribution in [-0.4, -0.2) is 11.0 Å². The van der Waals surface area contributed by atoms with Gasteiger partial charge in [0.15, 0.2) is 0 Å². The highest BCUT2D eigenvalue weighted by Crippen LogP contribution is 2.28. The monoisotopic (exact) mass is 274 g/mol. The van der Waals surface area contributed by atoms with E-state index >= 15 is 0 Å². The van der Waals surface area contributed by atoms with E-state index in [1.807, 2.05) is 0 Å². The highest BCUT2D eigenvalue weighted by atomic mass is 32.1.